The Morgan fingerprint density at radius 2 is 1.81 bits per heavy atom. The quantitative estimate of drug-likeness (QED) is 0.583. The van der Waals surface area contributed by atoms with E-state index in [0.29, 0.717) is 45.0 Å². The first-order valence-electron chi connectivity index (χ1n) is 10.3. The van der Waals surface area contributed by atoms with Gasteiger partial charge in [-0.2, -0.15) is 0 Å². The van der Waals surface area contributed by atoms with Crippen molar-refractivity contribution >= 4 is 28.9 Å². The fourth-order valence-corrected chi connectivity index (χ4v) is 4.19. The first-order chi connectivity index (χ1) is 15.0. The molecule has 1 saturated heterocycles. The van der Waals surface area contributed by atoms with E-state index in [1.165, 1.54) is 17.7 Å². The summed E-state index contributed by atoms with van der Waals surface area (Å²) in [6, 6.07) is 12.2. The van der Waals surface area contributed by atoms with E-state index in [0.717, 1.165) is 12.1 Å². The van der Waals surface area contributed by atoms with E-state index in [4.69, 9.17) is 0 Å². The molecule has 0 unspecified atom stereocenters. The summed E-state index contributed by atoms with van der Waals surface area (Å²) >= 11 is 0. The summed E-state index contributed by atoms with van der Waals surface area (Å²) < 4.78 is 0. The Morgan fingerprint density at radius 3 is 2.52 bits per heavy atom. The molecule has 162 valence electrons. The fraction of sp³-hybridized carbons (Fsp3) is 0.364. The monoisotopic (exact) mass is 423 g/mol. The molecule has 0 radical (unpaired) electrons. The highest BCUT2D eigenvalue weighted by Gasteiger charge is 2.29. The summed E-state index contributed by atoms with van der Waals surface area (Å²) in [5.74, 6) is -0.173. The number of nitrogens with zero attached hydrogens (tertiary/aromatic N) is 4. The second-order valence-electron chi connectivity index (χ2n) is 7.73. The highest BCUT2D eigenvalue weighted by atomic mass is 16.6. The number of carbonyl (C=O) groups is 2. The van der Waals surface area contributed by atoms with E-state index in [9.17, 15) is 19.7 Å². The number of nitrogens with one attached hydrogen (secondary N) is 1. The number of anilines is 2. The van der Waals surface area contributed by atoms with Crippen LogP contribution in [-0.4, -0.2) is 72.9 Å². The largest absolute Gasteiger partial charge is 0.387 e. The third-order valence-electron chi connectivity index (χ3n) is 5.92. The standard InChI is InChI=1S/C22H25N5O4/c1-23-19-7-6-17(27(30)31)14-18(19)22(29)25-12-10-24(11-13-25)15-21(28)26-9-8-16-4-2-3-5-20(16)26/h2-7,14,23H,8-13,15H2,1H3. The van der Waals surface area contributed by atoms with E-state index in [-0.39, 0.29) is 23.1 Å². The summed E-state index contributed by atoms with van der Waals surface area (Å²) in [6.07, 6.45) is 0.876. The number of hydrogen-bond acceptors (Lipinski definition) is 6. The number of piperazine rings is 1. The smallest absolute Gasteiger partial charge is 0.270 e. The molecule has 0 bridgehead atoms. The minimum atomic E-state index is -0.504. The number of para-hydroxylation sites is 1. The van der Waals surface area contributed by atoms with E-state index in [1.807, 2.05) is 23.1 Å². The average Bonchev–Trinajstić information content (AvgIpc) is 3.23. The third kappa shape index (κ3) is 4.22. The van der Waals surface area contributed by atoms with Crippen molar-refractivity contribution in [1.29, 1.82) is 0 Å². The number of non-ortho nitro benzene ring substituents is 1. The van der Waals surface area contributed by atoms with Crippen molar-refractivity contribution in [3.8, 4) is 0 Å². The summed E-state index contributed by atoms with van der Waals surface area (Å²) in [5, 5.41) is 14.0. The van der Waals surface area contributed by atoms with Gasteiger partial charge in [0.15, 0.2) is 0 Å². The number of amides is 2. The molecule has 2 aliphatic heterocycles. The molecule has 1 fully saturated rings. The molecule has 0 atom stereocenters. The van der Waals surface area contributed by atoms with Crippen LogP contribution in [0.15, 0.2) is 42.5 Å². The van der Waals surface area contributed by atoms with Crippen LogP contribution in [0.5, 0.6) is 0 Å². The van der Waals surface area contributed by atoms with E-state index in [1.54, 1.807) is 18.0 Å². The number of nitro groups is 1. The minimum Gasteiger partial charge on any atom is -0.387 e. The van der Waals surface area contributed by atoms with Gasteiger partial charge in [0.05, 0.1) is 17.0 Å². The molecule has 2 heterocycles. The lowest BCUT2D eigenvalue weighted by Crippen LogP contribution is -2.51. The Bertz CT molecular complexity index is 1020. The lowest BCUT2D eigenvalue weighted by molar-refractivity contribution is -0.384. The lowest BCUT2D eigenvalue weighted by atomic mass is 10.1. The van der Waals surface area contributed by atoms with Crippen LogP contribution >= 0.6 is 0 Å². The third-order valence-corrected chi connectivity index (χ3v) is 5.92. The van der Waals surface area contributed by atoms with Gasteiger partial charge in [0.25, 0.3) is 11.6 Å². The summed E-state index contributed by atoms with van der Waals surface area (Å²) in [6.45, 7) is 3.11. The van der Waals surface area contributed by atoms with Crippen molar-refractivity contribution in [2.75, 3.05) is 56.5 Å². The van der Waals surface area contributed by atoms with Crippen molar-refractivity contribution in [1.82, 2.24) is 9.80 Å². The van der Waals surface area contributed by atoms with Crippen LogP contribution in [0.25, 0.3) is 0 Å². The topological polar surface area (TPSA) is 99.0 Å². The molecular formula is C22H25N5O4. The van der Waals surface area contributed by atoms with Crippen molar-refractivity contribution in [3.05, 3.63) is 63.7 Å². The maximum atomic E-state index is 13.0. The number of nitro benzene ring substituents is 1. The van der Waals surface area contributed by atoms with Gasteiger partial charge in [-0.1, -0.05) is 18.2 Å². The minimum absolute atomic E-state index is 0.0703. The highest BCUT2D eigenvalue weighted by molar-refractivity contribution is 6.00. The summed E-state index contributed by atoms with van der Waals surface area (Å²) in [7, 11) is 1.68. The molecule has 2 amide bonds. The van der Waals surface area contributed by atoms with Gasteiger partial charge >= 0.3 is 0 Å². The van der Waals surface area contributed by atoms with Gasteiger partial charge in [0, 0.05) is 63.3 Å². The van der Waals surface area contributed by atoms with Crippen molar-refractivity contribution in [2.45, 2.75) is 6.42 Å². The molecule has 0 saturated carbocycles. The van der Waals surface area contributed by atoms with Gasteiger partial charge in [-0.05, 0) is 24.1 Å². The van der Waals surface area contributed by atoms with Gasteiger partial charge in [-0.15, -0.1) is 0 Å². The zero-order chi connectivity index (χ0) is 22.0. The first-order valence-corrected chi connectivity index (χ1v) is 10.3. The van der Waals surface area contributed by atoms with Crippen molar-refractivity contribution in [3.63, 3.8) is 0 Å². The van der Waals surface area contributed by atoms with Crippen LogP contribution < -0.4 is 10.2 Å². The fourth-order valence-electron chi connectivity index (χ4n) is 4.19. The Hall–Kier alpha value is -3.46. The Labute approximate surface area is 180 Å². The molecule has 9 heteroatoms. The van der Waals surface area contributed by atoms with Crippen LogP contribution in [0.1, 0.15) is 15.9 Å². The SMILES string of the molecule is CNc1ccc([N+](=O)[O-])cc1C(=O)N1CCN(CC(=O)N2CCc3ccccc32)CC1. The molecule has 31 heavy (non-hydrogen) atoms. The zero-order valence-electron chi connectivity index (χ0n) is 17.4. The number of carbonyl (C=O) groups excluding carboxylic acids is 2. The Balaban J connectivity index is 1.37. The van der Waals surface area contributed by atoms with Gasteiger partial charge in [0.1, 0.15) is 0 Å². The molecule has 2 aromatic carbocycles. The molecule has 0 aliphatic carbocycles. The molecule has 2 aromatic rings. The first kappa shape index (κ1) is 20.8. The predicted octanol–water partition coefficient (Wildman–Crippen LogP) is 1.98. The molecule has 0 spiro atoms. The predicted molar refractivity (Wildman–Crippen MR) is 117 cm³/mol. The van der Waals surface area contributed by atoms with Gasteiger partial charge in [-0.3, -0.25) is 24.6 Å². The van der Waals surface area contributed by atoms with Crippen LogP contribution in [0.4, 0.5) is 17.1 Å². The Morgan fingerprint density at radius 1 is 1.06 bits per heavy atom. The van der Waals surface area contributed by atoms with Gasteiger partial charge < -0.3 is 15.1 Å². The van der Waals surface area contributed by atoms with E-state index < -0.39 is 4.92 Å². The molecule has 2 aliphatic rings. The lowest BCUT2D eigenvalue weighted by Gasteiger charge is -2.35. The zero-order valence-corrected chi connectivity index (χ0v) is 17.4. The normalized spacial score (nSPS) is 16.2. The molecular weight excluding hydrogens is 398 g/mol. The number of fused-ring (bicyclic) bond motifs is 1. The van der Waals surface area contributed by atoms with Crippen LogP contribution in [-0.2, 0) is 11.2 Å². The van der Waals surface area contributed by atoms with Crippen molar-refractivity contribution < 1.29 is 14.5 Å². The van der Waals surface area contributed by atoms with E-state index in [2.05, 4.69) is 16.3 Å². The second kappa shape index (κ2) is 8.73. The van der Waals surface area contributed by atoms with Crippen molar-refractivity contribution in [2.24, 2.45) is 0 Å². The number of benzene rings is 2. The molecule has 0 aromatic heterocycles. The second-order valence-corrected chi connectivity index (χ2v) is 7.73. The molecule has 4 rings (SSSR count). The van der Waals surface area contributed by atoms with Crippen LogP contribution in [0.2, 0.25) is 0 Å². The Kier molecular flexibility index (Phi) is 5.85. The van der Waals surface area contributed by atoms with Gasteiger partial charge in [-0.25, -0.2) is 0 Å². The average molecular weight is 423 g/mol. The maximum absolute atomic E-state index is 13.0. The van der Waals surface area contributed by atoms with Gasteiger partial charge in [0.2, 0.25) is 5.91 Å². The maximum Gasteiger partial charge on any atom is 0.270 e. The van der Waals surface area contributed by atoms with Crippen LogP contribution in [0.3, 0.4) is 0 Å². The summed E-state index contributed by atoms with van der Waals surface area (Å²) in [5.41, 5.74) is 2.92. The number of hydrogen-bond donors (Lipinski definition) is 1. The highest BCUT2D eigenvalue weighted by Crippen LogP contribution is 2.28. The number of rotatable bonds is 5. The molecule has 1 N–H and O–H groups in total. The summed E-state index contributed by atoms with van der Waals surface area (Å²) in [4.78, 5) is 42.0. The van der Waals surface area contributed by atoms with Crippen LogP contribution in [0, 0.1) is 10.1 Å². The molecule has 9 nitrogen and oxygen atoms in total. The van der Waals surface area contributed by atoms with E-state index >= 15 is 0 Å².